The molecule has 3 rings (SSSR count). The van der Waals surface area contributed by atoms with Gasteiger partial charge in [-0.25, -0.2) is 8.42 Å². The number of nitro groups is 1. The zero-order chi connectivity index (χ0) is 21.9. The van der Waals surface area contributed by atoms with E-state index in [1.165, 1.54) is 30.3 Å². The molecule has 1 aliphatic rings. The van der Waals surface area contributed by atoms with E-state index >= 15 is 0 Å². The molecule has 1 aliphatic heterocycles. The summed E-state index contributed by atoms with van der Waals surface area (Å²) in [5.41, 5.74) is 5.33. The second kappa shape index (κ2) is 8.87. The first-order chi connectivity index (χ1) is 14.3. The van der Waals surface area contributed by atoms with Crippen LogP contribution < -0.4 is 11.1 Å². The van der Waals surface area contributed by atoms with Gasteiger partial charge in [0.15, 0.2) is 6.17 Å². The van der Waals surface area contributed by atoms with Gasteiger partial charge < -0.3 is 16.0 Å². The molecule has 2 amide bonds. The predicted molar refractivity (Wildman–Crippen MR) is 108 cm³/mol. The Morgan fingerprint density at radius 2 is 1.93 bits per heavy atom. The number of carbonyl (C=O) groups is 2. The zero-order valence-corrected chi connectivity index (χ0v) is 17.3. The van der Waals surface area contributed by atoms with Gasteiger partial charge in [-0.2, -0.15) is 4.31 Å². The van der Waals surface area contributed by atoms with Crippen molar-refractivity contribution in [3.05, 3.63) is 57.5 Å². The number of nitro benzene ring substituents is 1. The fraction of sp³-hybridized carbons (Fsp3) is 0.294. The minimum absolute atomic E-state index is 0.0128. The number of non-ortho nitro benzene ring substituents is 1. The molecule has 1 fully saturated rings. The van der Waals surface area contributed by atoms with Crippen LogP contribution in [0.3, 0.4) is 0 Å². The third-order valence-corrected chi connectivity index (χ3v) is 7.68. The summed E-state index contributed by atoms with van der Waals surface area (Å²) >= 11 is 1.01. The predicted octanol–water partition coefficient (Wildman–Crippen LogP) is 0.204. The van der Waals surface area contributed by atoms with Crippen LogP contribution in [0.25, 0.3) is 0 Å². The van der Waals surface area contributed by atoms with Crippen LogP contribution in [0.15, 0.2) is 46.0 Å². The number of thiophene rings is 1. The molecule has 13 heteroatoms. The summed E-state index contributed by atoms with van der Waals surface area (Å²) < 4.78 is 27.1. The molecule has 0 spiro atoms. The Bertz CT molecular complexity index is 1040. The normalized spacial score (nSPS) is 17.1. The van der Waals surface area contributed by atoms with E-state index in [-0.39, 0.29) is 41.6 Å². The second-order valence-electron chi connectivity index (χ2n) is 6.30. The van der Waals surface area contributed by atoms with Crippen LogP contribution >= 0.6 is 11.3 Å². The highest BCUT2D eigenvalue weighted by Gasteiger charge is 2.46. The summed E-state index contributed by atoms with van der Waals surface area (Å²) in [4.78, 5) is 37.1. The number of amides is 2. The number of hydrogen-bond acceptors (Lipinski definition) is 8. The number of hydrogen-bond donors (Lipinski definition) is 2. The van der Waals surface area contributed by atoms with Gasteiger partial charge in [0, 0.05) is 43.9 Å². The van der Waals surface area contributed by atoms with E-state index in [0.29, 0.717) is 0 Å². The summed E-state index contributed by atoms with van der Waals surface area (Å²) in [6.45, 7) is 0.176. The number of nitrogens with zero attached hydrogens (tertiary/aromatic N) is 3. The molecule has 0 aliphatic carbocycles. The Hall–Kier alpha value is -2.87. The number of nitrogens with one attached hydrogen (secondary N) is 1. The summed E-state index contributed by atoms with van der Waals surface area (Å²) in [5, 5.41) is 15.0. The van der Waals surface area contributed by atoms with Crippen molar-refractivity contribution in [3.63, 3.8) is 0 Å². The van der Waals surface area contributed by atoms with Crippen molar-refractivity contribution in [2.24, 2.45) is 5.73 Å². The maximum absolute atomic E-state index is 13.0. The van der Waals surface area contributed by atoms with Crippen molar-refractivity contribution in [2.45, 2.75) is 10.4 Å². The van der Waals surface area contributed by atoms with E-state index in [0.717, 1.165) is 20.5 Å². The van der Waals surface area contributed by atoms with E-state index in [1.54, 1.807) is 11.4 Å². The van der Waals surface area contributed by atoms with Crippen LogP contribution in [0, 0.1) is 10.1 Å². The molecule has 1 aromatic heterocycles. The van der Waals surface area contributed by atoms with Crippen molar-refractivity contribution >= 4 is 38.9 Å². The fourth-order valence-electron chi connectivity index (χ4n) is 3.05. The Morgan fingerprint density at radius 1 is 1.23 bits per heavy atom. The molecule has 11 nitrogen and oxygen atoms in total. The van der Waals surface area contributed by atoms with Gasteiger partial charge in [0.25, 0.3) is 27.5 Å². The topological polar surface area (TPSA) is 156 Å². The SMILES string of the molecule is NCCNC(=O)C1N(C(=O)c2ccc([N+](=O)[O-])cc2)CCN1S(=O)(=O)c1cccs1. The summed E-state index contributed by atoms with van der Waals surface area (Å²) in [7, 11) is -4.00. The molecule has 1 atom stereocenters. The second-order valence-corrected chi connectivity index (χ2v) is 9.37. The van der Waals surface area contributed by atoms with Gasteiger partial charge in [0.05, 0.1) is 4.92 Å². The highest BCUT2D eigenvalue weighted by Crippen LogP contribution is 2.28. The minimum atomic E-state index is -4.00. The molecular weight excluding hydrogens is 434 g/mol. The molecule has 3 N–H and O–H groups in total. The maximum atomic E-state index is 13.0. The van der Waals surface area contributed by atoms with Crippen LogP contribution in [0.2, 0.25) is 0 Å². The van der Waals surface area contributed by atoms with Gasteiger partial charge in [0.1, 0.15) is 4.21 Å². The van der Waals surface area contributed by atoms with Crippen LogP contribution in [-0.4, -0.2) is 66.7 Å². The van der Waals surface area contributed by atoms with Crippen LogP contribution in [-0.2, 0) is 14.8 Å². The van der Waals surface area contributed by atoms with Crippen molar-refractivity contribution in [1.82, 2.24) is 14.5 Å². The highest BCUT2D eigenvalue weighted by atomic mass is 32.2. The Labute approximate surface area is 176 Å². The molecule has 2 aromatic rings. The molecular formula is C17H19N5O6S2. The average molecular weight is 454 g/mol. The summed E-state index contributed by atoms with van der Waals surface area (Å²) in [5.74, 6) is -1.28. The fourth-order valence-corrected chi connectivity index (χ4v) is 5.71. The number of benzene rings is 1. The first-order valence-electron chi connectivity index (χ1n) is 8.86. The monoisotopic (exact) mass is 453 g/mol. The molecule has 1 unspecified atom stereocenters. The third kappa shape index (κ3) is 4.18. The lowest BCUT2D eigenvalue weighted by Crippen LogP contribution is -2.54. The Balaban J connectivity index is 1.93. The number of nitrogens with two attached hydrogens (primary N) is 1. The Morgan fingerprint density at radius 3 is 2.50 bits per heavy atom. The molecule has 2 heterocycles. The first kappa shape index (κ1) is 21.8. The van der Waals surface area contributed by atoms with E-state index in [2.05, 4.69) is 5.32 Å². The number of rotatable bonds is 7. The molecule has 160 valence electrons. The molecule has 0 bridgehead atoms. The lowest BCUT2D eigenvalue weighted by Gasteiger charge is -2.28. The van der Waals surface area contributed by atoms with Crippen LogP contribution in [0.4, 0.5) is 5.69 Å². The van der Waals surface area contributed by atoms with Gasteiger partial charge in [-0.3, -0.25) is 19.7 Å². The standard InChI is InChI=1S/C17H19N5O6S2/c18-7-8-19-15(23)16-20(17(24)12-3-5-13(6-4-12)22(25)26)9-10-21(16)30(27,28)14-2-1-11-29-14/h1-6,11,16H,7-10,18H2,(H,19,23). The molecule has 1 aromatic carbocycles. The van der Waals surface area contributed by atoms with Crippen LogP contribution in [0.1, 0.15) is 10.4 Å². The third-order valence-electron chi connectivity index (χ3n) is 4.45. The van der Waals surface area contributed by atoms with Gasteiger partial charge in [-0.1, -0.05) is 6.07 Å². The highest BCUT2D eigenvalue weighted by molar-refractivity contribution is 7.91. The van der Waals surface area contributed by atoms with E-state index in [9.17, 15) is 28.1 Å². The van der Waals surface area contributed by atoms with E-state index < -0.39 is 32.9 Å². The zero-order valence-electron chi connectivity index (χ0n) is 15.6. The number of sulfonamides is 1. The Kier molecular flexibility index (Phi) is 6.45. The summed E-state index contributed by atoms with van der Waals surface area (Å²) in [6, 6.07) is 7.89. The molecule has 1 saturated heterocycles. The number of carbonyl (C=O) groups excluding carboxylic acids is 2. The van der Waals surface area contributed by atoms with Crippen LogP contribution in [0.5, 0.6) is 0 Å². The lowest BCUT2D eigenvalue weighted by molar-refractivity contribution is -0.384. The van der Waals surface area contributed by atoms with Gasteiger partial charge in [-0.05, 0) is 23.6 Å². The first-order valence-corrected chi connectivity index (χ1v) is 11.2. The van der Waals surface area contributed by atoms with Crippen molar-refractivity contribution in [3.8, 4) is 0 Å². The largest absolute Gasteiger partial charge is 0.352 e. The quantitative estimate of drug-likeness (QED) is 0.448. The minimum Gasteiger partial charge on any atom is -0.352 e. The van der Waals surface area contributed by atoms with E-state index in [4.69, 9.17) is 5.73 Å². The van der Waals surface area contributed by atoms with E-state index in [1.807, 2.05) is 0 Å². The molecule has 0 radical (unpaired) electrons. The van der Waals surface area contributed by atoms with Crippen molar-refractivity contribution < 1.29 is 22.9 Å². The molecule has 30 heavy (non-hydrogen) atoms. The lowest BCUT2D eigenvalue weighted by atomic mass is 10.1. The van der Waals surface area contributed by atoms with Gasteiger partial charge in [0.2, 0.25) is 0 Å². The average Bonchev–Trinajstić information content (AvgIpc) is 3.42. The maximum Gasteiger partial charge on any atom is 0.269 e. The van der Waals surface area contributed by atoms with Crippen molar-refractivity contribution in [1.29, 1.82) is 0 Å². The van der Waals surface area contributed by atoms with Gasteiger partial charge in [-0.15, -0.1) is 11.3 Å². The molecule has 0 saturated carbocycles. The summed E-state index contributed by atoms with van der Waals surface area (Å²) in [6.07, 6.45) is -1.40. The van der Waals surface area contributed by atoms with Crippen molar-refractivity contribution in [2.75, 3.05) is 26.2 Å². The smallest absolute Gasteiger partial charge is 0.269 e. The van der Waals surface area contributed by atoms with Gasteiger partial charge >= 0.3 is 0 Å².